The van der Waals surface area contributed by atoms with E-state index in [0.29, 0.717) is 27.2 Å². The smallest absolute Gasteiger partial charge is 0.227 e. The van der Waals surface area contributed by atoms with Crippen molar-refractivity contribution in [3.8, 4) is 5.75 Å². The zero-order valence-corrected chi connectivity index (χ0v) is 18.3. The Morgan fingerprint density at radius 3 is 2.80 bits per heavy atom. The lowest BCUT2D eigenvalue weighted by Crippen LogP contribution is -2.26. The maximum Gasteiger partial charge on any atom is 0.227 e. The number of fused-ring (bicyclic) bond motifs is 1. The second-order valence-electron chi connectivity index (χ2n) is 7.85. The second kappa shape index (κ2) is 9.23. The fraction of sp³-hybridized carbons (Fsp3) is 0.333. The Morgan fingerprint density at radius 1 is 1.20 bits per heavy atom. The predicted molar refractivity (Wildman–Crippen MR) is 122 cm³/mol. The molecule has 1 atom stereocenters. The lowest BCUT2D eigenvalue weighted by atomic mass is 9.92. The van der Waals surface area contributed by atoms with Gasteiger partial charge in [-0.15, -0.1) is 0 Å². The van der Waals surface area contributed by atoms with Gasteiger partial charge in [0.05, 0.1) is 10.7 Å². The average molecular weight is 443 g/mol. The fourth-order valence-electron chi connectivity index (χ4n) is 4.11. The minimum Gasteiger partial charge on any atom is -0.488 e. The van der Waals surface area contributed by atoms with Crippen LogP contribution >= 0.6 is 23.2 Å². The van der Waals surface area contributed by atoms with Gasteiger partial charge in [0.2, 0.25) is 5.91 Å². The topological polar surface area (TPSA) is 51.2 Å². The first-order valence-corrected chi connectivity index (χ1v) is 11.0. The number of nitrogens with zero attached hydrogens (tertiary/aromatic N) is 1. The molecule has 4 rings (SSSR count). The summed E-state index contributed by atoms with van der Waals surface area (Å²) in [5.41, 5.74) is 1.22. The third-order valence-electron chi connectivity index (χ3n) is 5.98. The first-order valence-electron chi connectivity index (χ1n) is 10.3. The minimum atomic E-state index is -0.0387. The molecule has 1 unspecified atom stereocenters. The molecule has 1 aliphatic rings. The molecule has 4 nitrogen and oxygen atoms in total. The molecule has 1 fully saturated rings. The molecule has 2 aromatic carbocycles. The Kier molecular flexibility index (Phi) is 6.45. The Labute approximate surface area is 186 Å². The molecular weight excluding hydrogens is 419 g/mol. The van der Waals surface area contributed by atoms with Crippen LogP contribution in [0.25, 0.3) is 10.8 Å². The Hall–Kier alpha value is -2.30. The van der Waals surface area contributed by atoms with Gasteiger partial charge in [-0.25, -0.2) is 0 Å². The summed E-state index contributed by atoms with van der Waals surface area (Å²) >= 11 is 13.0. The first kappa shape index (κ1) is 21.0. The van der Waals surface area contributed by atoms with Crippen molar-refractivity contribution >= 4 is 45.6 Å². The van der Waals surface area contributed by atoms with Crippen LogP contribution in [-0.2, 0) is 11.4 Å². The van der Waals surface area contributed by atoms with Crippen LogP contribution in [-0.4, -0.2) is 10.9 Å². The number of carbonyl (C=O) groups is 1. The van der Waals surface area contributed by atoms with Gasteiger partial charge >= 0.3 is 0 Å². The van der Waals surface area contributed by atoms with Gasteiger partial charge in [0.15, 0.2) is 0 Å². The van der Waals surface area contributed by atoms with Gasteiger partial charge in [0.1, 0.15) is 12.4 Å². The molecular formula is C24H24Cl2N2O2. The van der Waals surface area contributed by atoms with E-state index in [1.54, 1.807) is 24.5 Å². The summed E-state index contributed by atoms with van der Waals surface area (Å²) in [6.07, 6.45) is 8.16. The molecule has 0 spiro atoms. The summed E-state index contributed by atoms with van der Waals surface area (Å²) in [5.74, 6) is 1.13. The molecule has 30 heavy (non-hydrogen) atoms. The van der Waals surface area contributed by atoms with Crippen LogP contribution in [0.15, 0.2) is 48.8 Å². The van der Waals surface area contributed by atoms with Gasteiger partial charge in [-0.3, -0.25) is 9.78 Å². The zero-order chi connectivity index (χ0) is 21.1. The number of hydrogen-bond donors (Lipinski definition) is 1. The average Bonchev–Trinajstić information content (AvgIpc) is 3.30. The van der Waals surface area contributed by atoms with Crippen LogP contribution in [0, 0.1) is 11.8 Å². The van der Waals surface area contributed by atoms with Crippen molar-refractivity contribution in [1.82, 2.24) is 4.98 Å². The highest BCUT2D eigenvalue weighted by molar-refractivity contribution is 6.38. The van der Waals surface area contributed by atoms with E-state index in [2.05, 4.69) is 10.3 Å². The molecule has 0 radical (unpaired) electrons. The predicted octanol–water partition coefficient (Wildman–Crippen LogP) is 6.89. The molecule has 6 heteroatoms. The van der Waals surface area contributed by atoms with E-state index in [-0.39, 0.29) is 18.4 Å². The molecule has 0 bridgehead atoms. The standard InChI is InChI=1S/C24H24Cl2N2O2/c1-15(16-5-2-3-6-16)24(29)28-21-10-9-20(25)19(23(21)26)14-30-22-8-4-7-17-13-27-12-11-18(17)22/h4,7-13,15-16H,2-3,5-6,14H2,1H3,(H,28,29). The molecule has 156 valence electrons. The molecule has 1 aliphatic carbocycles. The minimum absolute atomic E-state index is 0.000422. The van der Waals surface area contributed by atoms with Gasteiger partial charge in [0, 0.05) is 39.7 Å². The normalized spacial score (nSPS) is 15.3. The Balaban J connectivity index is 1.52. The lowest BCUT2D eigenvalue weighted by molar-refractivity contribution is -0.120. The molecule has 1 saturated carbocycles. The SMILES string of the molecule is CC(C(=O)Nc1ccc(Cl)c(COc2cccc3cnccc23)c1Cl)C1CCCC1. The Bertz CT molecular complexity index is 1060. The number of carbonyl (C=O) groups excluding carboxylic acids is 1. The van der Waals surface area contributed by atoms with Crippen LogP contribution in [0.3, 0.4) is 0 Å². The van der Waals surface area contributed by atoms with Gasteiger partial charge < -0.3 is 10.1 Å². The number of halogens is 2. The van der Waals surface area contributed by atoms with Crippen molar-refractivity contribution in [3.05, 3.63) is 64.4 Å². The van der Waals surface area contributed by atoms with Gasteiger partial charge in [0.25, 0.3) is 0 Å². The highest BCUT2D eigenvalue weighted by Gasteiger charge is 2.27. The molecule has 1 aromatic heterocycles. The van der Waals surface area contributed by atoms with Crippen molar-refractivity contribution in [3.63, 3.8) is 0 Å². The van der Waals surface area contributed by atoms with E-state index in [1.807, 2.05) is 31.2 Å². The van der Waals surface area contributed by atoms with Gasteiger partial charge in [-0.1, -0.05) is 55.1 Å². The van der Waals surface area contributed by atoms with Crippen molar-refractivity contribution in [2.75, 3.05) is 5.32 Å². The van der Waals surface area contributed by atoms with Crippen LogP contribution in [0.4, 0.5) is 5.69 Å². The molecule has 1 N–H and O–H groups in total. The number of rotatable bonds is 6. The summed E-state index contributed by atoms with van der Waals surface area (Å²) < 4.78 is 6.05. The number of aromatic nitrogens is 1. The van der Waals surface area contributed by atoms with E-state index >= 15 is 0 Å². The monoisotopic (exact) mass is 442 g/mol. The summed E-state index contributed by atoms with van der Waals surface area (Å²) in [7, 11) is 0. The number of ether oxygens (including phenoxy) is 1. The van der Waals surface area contributed by atoms with Crippen LogP contribution in [0.1, 0.15) is 38.2 Å². The number of amides is 1. The number of pyridine rings is 1. The zero-order valence-electron chi connectivity index (χ0n) is 16.8. The maximum atomic E-state index is 12.7. The van der Waals surface area contributed by atoms with E-state index in [9.17, 15) is 4.79 Å². The second-order valence-corrected chi connectivity index (χ2v) is 8.64. The molecule has 3 aromatic rings. The summed E-state index contributed by atoms with van der Waals surface area (Å²) in [6, 6.07) is 11.2. The highest BCUT2D eigenvalue weighted by Crippen LogP contribution is 2.36. The summed E-state index contributed by atoms with van der Waals surface area (Å²) in [4.78, 5) is 16.9. The first-order chi connectivity index (χ1) is 14.5. The molecule has 0 aliphatic heterocycles. The van der Waals surface area contributed by atoms with Crippen LogP contribution < -0.4 is 10.1 Å². The number of anilines is 1. The Morgan fingerprint density at radius 2 is 2.00 bits per heavy atom. The third kappa shape index (κ3) is 4.40. The quantitative estimate of drug-likeness (QED) is 0.452. The van der Waals surface area contributed by atoms with Crippen molar-refractivity contribution in [1.29, 1.82) is 0 Å². The maximum absolute atomic E-state index is 12.7. The van der Waals surface area contributed by atoms with Crippen molar-refractivity contribution in [2.24, 2.45) is 11.8 Å². The summed E-state index contributed by atoms with van der Waals surface area (Å²) in [5, 5.41) is 5.87. The van der Waals surface area contributed by atoms with E-state index < -0.39 is 0 Å². The van der Waals surface area contributed by atoms with Gasteiger partial charge in [-0.2, -0.15) is 0 Å². The highest BCUT2D eigenvalue weighted by atomic mass is 35.5. The molecule has 0 saturated heterocycles. The third-order valence-corrected chi connectivity index (χ3v) is 6.76. The molecule has 1 heterocycles. The van der Waals surface area contributed by atoms with Crippen molar-refractivity contribution < 1.29 is 9.53 Å². The summed E-state index contributed by atoms with van der Waals surface area (Å²) in [6.45, 7) is 2.19. The largest absolute Gasteiger partial charge is 0.488 e. The number of nitrogens with one attached hydrogen (secondary N) is 1. The van der Waals surface area contributed by atoms with Crippen molar-refractivity contribution in [2.45, 2.75) is 39.2 Å². The lowest BCUT2D eigenvalue weighted by Gasteiger charge is -2.20. The van der Waals surface area contributed by atoms with E-state index in [0.717, 1.165) is 29.4 Å². The van der Waals surface area contributed by atoms with E-state index in [1.165, 1.54) is 12.8 Å². The fourth-order valence-corrected chi connectivity index (χ4v) is 4.64. The van der Waals surface area contributed by atoms with E-state index in [4.69, 9.17) is 27.9 Å². The number of benzene rings is 2. The van der Waals surface area contributed by atoms with Crippen LogP contribution in [0.5, 0.6) is 5.75 Å². The van der Waals surface area contributed by atoms with Crippen LogP contribution in [0.2, 0.25) is 10.0 Å². The number of hydrogen-bond acceptors (Lipinski definition) is 3. The van der Waals surface area contributed by atoms with Gasteiger partial charge in [-0.05, 0) is 43.0 Å². The molecule has 1 amide bonds.